The topological polar surface area (TPSA) is 69.2 Å². The van der Waals surface area contributed by atoms with E-state index in [1.54, 1.807) is 47.6 Å². The Morgan fingerprint density at radius 1 is 0.583 bits per heavy atom. The van der Waals surface area contributed by atoms with Gasteiger partial charge in [0.25, 0.3) is 0 Å². The van der Waals surface area contributed by atoms with Crippen molar-refractivity contribution in [1.82, 2.24) is 0 Å². The van der Waals surface area contributed by atoms with E-state index in [2.05, 4.69) is 0 Å². The van der Waals surface area contributed by atoms with Crippen LogP contribution in [-0.4, -0.2) is 18.3 Å². The van der Waals surface area contributed by atoms with Crippen LogP contribution in [0, 0.1) is 6.58 Å². The molecule has 0 saturated carbocycles. The van der Waals surface area contributed by atoms with Crippen LogP contribution in [0.4, 0.5) is 0 Å². The Bertz CT molecular complexity index is 223. The maximum absolute atomic E-state index is 9.53. The molecule has 0 radical (unpaired) electrons. The first kappa shape index (κ1) is 38.9. The fourth-order valence-corrected chi connectivity index (χ4v) is 0.333. The van der Waals surface area contributed by atoms with Crippen molar-refractivity contribution in [1.29, 1.82) is 0 Å². The summed E-state index contributed by atoms with van der Waals surface area (Å²) >= 11 is 0. The van der Waals surface area contributed by atoms with Gasteiger partial charge in [-0.15, -0.1) is 18.3 Å². The molecule has 0 N–H and O–H groups in total. The van der Waals surface area contributed by atoms with Crippen molar-refractivity contribution in [3.63, 3.8) is 0 Å². The van der Waals surface area contributed by atoms with E-state index in [1.165, 1.54) is 6.08 Å². The third-order valence-electron chi connectivity index (χ3n) is 0.800. The van der Waals surface area contributed by atoms with E-state index >= 15 is 0 Å². The molecule has 0 bridgehead atoms. The fourth-order valence-electron chi connectivity index (χ4n) is 0.333. The van der Waals surface area contributed by atoms with Crippen molar-refractivity contribution in [2.24, 2.45) is 0 Å². The molecule has 0 aromatic heterocycles. The van der Waals surface area contributed by atoms with Crippen LogP contribution in [0.15, 0.2) is 42.5 Å². The van der Waals surface area contributed by atoms with Crippen molar-refractivity contribution in [2.45, 2.75) is 80.6 Å². The predicted octanol–water partition coefficient (Wildman–Crippen LogP) is 2.95. The zero-order valence-corrected chi connectivity index (χ0v) is 18.6. The summed E-state index contributed by atoms with van der Waals surface area (Å²) in [6.45, 7) is 20.5. The van der Waals surface area contributed by atoms with Gasteiger partial charge in [0.05, 0.1) is 0 Å². The van der Waals surface area contributed by atoms with E-state index in [9.17, 15) is 15.3 Å². The SMILES string of the molecule is CC(C)[O-].CC(C)[O-].CC(C)[O-].CC=CC=CC.[CH-]=CC=CC.[Ti+4]. The first-order valence-electron chi connectivity index (χ1n) is 7.90. The molecule has 0 aliphatic heterocycles. The molecule has 0 rings (SSSR count). The van der Waals surface area contributed by atoms with Crippen LogP contribution in [0.1, 0.15) is 62.3 Å². The predicted molar refractivity (Wildman–Crippen MR) is 98.7 cm³/mol. The molecule has 0 amide bonds. The quantitative estimate of drug-likeness (QED) is 0.424. The minimum Gasteiger partial charge on any atom is -0.852 e. The Morgan fingerprint density at radius 2 is 0.750 bits per heavy atom. The molecule has 0 aromatic rings. The van der Waals surface area contributed by atoms with Crippen LogP contribution in [0.25, 0.3) is 0 Å². The third-order valence-corrected chi connectivity index (χ3v) is 0.800. The molecule has 0 spiro atoms. The van der Waals surface area contributed by atoms with Crippen LogP contribution in [0.3, 0.4) is 0 Å². The van der Waals surface area contributed by atoms with E-state index in [1.807, 2.05) is 51.2 Å². The van der Waals surface area contributed by atoms with Crippen molar-refractivity contribution in [3.05, 3.63) is 49.1 Å². The average Bonchev–Trinajstić information content (AvgIpc) is 2.36. The molecule has 0 saturated heterocycles. The standard InChI is InChI=1S/C6H10.C5H7.3C3H7O.Ti/c1-3-5-6-4-2;1-3-5-4-2;3*1-3(2)4;/h3-6H,1-2H3;1,3-5H,2H3;3*3H,1-2H3;/q;4*-1;+4. The molecule has 0 aromatic carbocycles. The normalized spacial score (nSPS) is 9.29. The Balaban J connectivity index is -0.0000000422. The summed E-state index contributed by atoms with van der Waals surface area (Å²) in [5, 5.41) is 28.6. The van der Waals surface area contributed by atoms with Gasteiger partial charge in [0.1, 0.15) is 0 Å². The van der Waals surface area contributed by atoms with Crippen molar-refractivity contribution in [3.8, 4) is 0 Å². The monoisotopic (exact) mass is 374 g/mol. The van der Waals surface area contributed by atoms with Gasteiger partial charge in [-0.05, 0) is 13.8 Å². The molecule has 4 heteroatoms. The van der Waals surface area contributed by atoms with Gasteiger partial charge in [0.2, 0.25) is 0 Å². The summed E-state index contributed by atoms with van der Waals surface area (Å²) in [4.78, 5) is 0. The van der Waals surface area contributed by atoms with Gasteiger partial charge in [-0.1, -0.05) is 72.8 Å². The second-order valence-corrected chi connectivity index (χ2v) is 4.92. The minimum absolute atomic E-state index is 0. The van der Waals surface area contributed by atoms with Gasteiger partial charge in [-0.25, -0.2) is 12.2 Å². The fraction of sp³-hybridized carbons (Fsp3) is 0.600. The number of hydrogen-bond donors (Lipinski definition) is 0. The molecule has 0 unspecified atom stereocenters. The first-order chi connectivity index (χ1) is 10.5. The smallest absolute Gasteiger partial charge is 0.852 e. The van der Waals surface area contributed by atoms with Crippen LogP contribution in [0.2, 0.25) is 0 Å². The summed E-state index contributed by atoms with van der Waals surface area (Å²) in [5.74, 6) is 0. The maximum Gasteiger partial charge on any atom is 4.00 e. The van der Waals surface area contributed by atoms with Gasteiger partial charge < -0.3 is 15.3 Å². The van der Waals surface area contributed by atoms with Gasteiger partial charge >= 0.3 is 21.7 Å². The van der Waals surface area contributed by atoms with Gasteiger partial charge in [0.15, 0.2) is 0 Å². The molecule has 3 nitrogen and oxygen atoms in total. The molecule has 140 valence electrons. The summed E-state index contributed by atoms with van der Waals surface area (Å²) < 4.78 is 0. The second kappa shape index (κ2) is 43.3. The first-order valence-corrected chi connectivity index (χ1v) is 7.90. The zero-order valence-electron chi connectivity index (χ0n) is 17.1. The Hall–Kier alpha value is -0.446. The van der Waals surface area contributed by atoms with E-state index < -0.39 is 18.3 Å². The van der Waals surface area contributed by atoms with Gasteiger partial charge in [-0.3, -0.25) is 6.58 Å². The number of hydrogen-bond acceptors (Lipinski definition) is 3. The van der Waals surface area contributed by atoms with Crippen LogP contribution >= 0.6 is 0 Å². The average molecular weight is 374 g/mol. The van der Waals surface area contributed by atoms with Crippen LogP contribution in [-0.2, 0) is 21.7 Å². The maximum atomic E-state index is 9.53. The van der Waals surface area contributed by atoms with Crippen LogP contribution in [0.5, 0.6) is 0 Å². The largest absolute Gasteiger partial charge is 4.00 e. The molecule has 24 heavy (non-hydrogen) atoms. The van der Waals surface area contributed by atoms with Crippen molar-refractivity contribution in [2.75, 3.05) is 0 Å². The van der Waals surface area contributed by atoms with E-state index in [4.69, 9.17) is 6.58 Å². The van der Waals surface area contributed by atoms with Crippen LogP contribution < -0.4 is 15.3 Å². The minimum atomic E-state index is -0.417. The third kappa shape index (κ3) is 439. The Labute approximate surface area is 166 Å². The van der Waals surface area contributed by atoms with E-state index in [-0.39, 0.29) is 21.7 Å². The molecular formula is C20H38O3Ti. The zero-order chi connectivity index (χ0) is 19.7. The molecular weight excluding hydrogens is 336 g/mol. The van der Waals surface area contributed by atoms with Gasteiger partial charge in [0, 0.05) is 0 Å². The van der Waals surface area contributed by atoms with Crippen molar-refractivity contribution >= 4 is 0 Å². The second-order valence-electron chi connectivity index (χ2n) is 4.92. The van der Waals surface area contributed by atoms with Crippen molar-refractivity contribution < 1.29 is 37.0 Å². The molecule has 0 fully saturated rings. The molecule has 0 aliphatic rings. The van der Waals surface area contributed by atoms with E-state index in [0.29, 0.717) is 0 Å². The number of allylic oxidation sites excluding steroid dienone is 7. The Kier molecular flexibility index (Phi) is 70.2. The van der Waals surface area contributed by atoms with E-state index in [0.717, 1.165) is 0 Å². The summed E-state index contributed by atoms with van der Waals surface area (Å²) in [6, 6.07) is 0. The van der Waals surface area contributed by atoms with Gasteiger partial charge in [-0.2, -0.15) is 6.08 Å². The summed E-state index contributed by atoms with van der Waals surface area (Å²) in [5.41, 5.74) is 0. The molecule has 0 heterocycles. The Morgan fingerprint density at radius 3 is 0.792 bits per heavy atom. The molecule has 0 aliphatic carbocycles. The summed E-state index contributed by atoms with van der Waals surface area (Å²) in [6.07, 6.45) is 11.9. The molecule has 0 atom stereocenters. The summed E-state index contributed by atoms with van der Waals surface area (Å²) in [7, 11) is 0. The number of rotatable bonds is 2.